The van der Waals surface area contributed by atoms with Crippen molar-refractivity contribution in [2.45, 2.75) is 39.5 Å². The van der Waals surface area contributed by atoms with Gasteiger partial charge in [-0.15, -0.1) is 0 Å². The van der Waals surface area contributed by atoms with Gasteiger partial charge in [-0.25, -0.2) is 0 Å². The number of hydrogen-bond donors (Lipinski definition) is 0. The number of unbranched alkanes of at least 4 members (excludes halogenated alkanes) is 2. The SMILES string of the molecule is CCCC[P]1(CCCC)C=Cc2ccccc21. The van der Waals surface area contributed by atoms with Gasteiger partial charge in [-0.1, -0.05) is 70.1 Å². The van der Waals surface area contributed by atoms with Crippen LogP contribution in [0.4, 0.5) is 0 Å². The minimum atomic E-state index is -0.950. The first-order valence-corrected chi connectivity index (χ1v) is 9.21. The Kier molecular flexibility index (Phi) is 4.40. The molecule has 2 rings (SSSR count). The highest BCUT2D eigenvalue weighted by atomic mass is 31.2. The molecule has 0 aliphatic carbocycles. The van der Waals surface area contributed by atoms with Crippen molar-refractivity contribution in [3.63, 3.8) is 0 Å². The van der Waals surface area contributed by atoms with Crippen LogP contribution in [-0.2, 0) is 0 Å². The van der Waals surface area contributed by atoms with E-state index in [0.29, 0.717) is 0 Å². The third-order valence-corrected chi connectivity index (χ3v) is 8.09. The molecule has 1 radical (unpaired) electrons. The second kappa shape index (κ2) is 5.83. The maximum absolute atomic E-state index is 2.59. The summed E-state index contributed by atoms with van der Waals surface area (Å²) in [5, 5.41) is 1.68. The van der Waals surface area contributed by atoms with Crippen molar-refractivity contribution >= 4 is 18.6 Å². The first kappa shape index (κ1) is 12.8. The van der Waals surface area contributed by atoms with Crippen LogP contribution in [0, 0.1) is 0 Å². The van der Waals surface area contributed by atoms with Crippen LogP contribution >= 0.6 is 7.26 Å². The van der Waals surface area contributed by atoms with E-state index in [1.54, 1.807) is 5.30 Å². The van der Waals surface area contributed by atoms with E-state index in [1.165, 1.54) is 43.6 Å². The van der Waals surface area contributed by atoms with Crippen LogP contribution in [0.3, 0.4) is 0 Å². The van der Waals surface area contributed by atoms with Crippen molar-refractivity contribution in [1.29, 1.82) is 0 Å². The number of rotatable bonds is 6. The van der Waals surface area contributed by atoms with Crippen molar-refractivity contribution in [3.8, 4) is 0 Å². The van der Waals surface area contributed by atoms with Crippen molar-refractivity contribution in [2.75, 3.05) is 12.3 Å². The van der Waals surface area contributed by atoms with E-state index in [-0.39, 0.29) is 0 Å². The quantitative estimate of drug-likeness (QED) is 0.626. The Morgan fingerprint density at radius 2 is 1.59 bits per heavy atom. The summed E-state index contributed by atoms with van der Waals surface area (Å²) in [6, 6.07) is 9.06. The fourth-order valence-electron chi connectivity index (χ4n) is 2.72. The number of benzene rings is 1. The molecule has 1 aliphatic heterocycles. The van der Waals surface area contributed by atoms with Crippen molar-refractivity contribution in [2.24, 2.45) is 0 Å². The summed E-state index contributed by atoms with van der Waals surface area (Å²) in [5.74, 6) is 2.59. The van der Waals surface area contributed by atoms with Gasteiger partial charge >= 0.3 is 0 Å². The van der Waals surface area contributed by atoms with Gasteiger partial charge in [0, 0.05) is 0 Å². The van der Waals surface area contributed by atoms with E-state index in [9.17, 15) is 0 Å². The Morgan fingerprint density at radius 3 is 2.24 bits per heavy atom. The van der Waals surface area contributed by atoms with Crippen LogP contribution in [0.1, 0.15) is 45.1 Å². The normalized spacial score (nSPS) is 16.1. The van der Waals surface area contributed by atoms with Gasteiger partial charge in [-0.3, -0.25) is 0 Å². The van der Waals surface area contributed by atoms with Gasteiger partial charge in [0.15, 0.2) is 0 Å². The molecule has 1 heteroatoms. The molecule has 0 fully saturated rings. The lowest BCUT2D eigenvalue weighted by Gasteiger charge is -2.32. The van der Waals surface area contributed by atoms with Crippen LogP contribution in [-0.4, -0.2) is 12.3 Å². The number of hydrogen-bond acceptors (Lipinski definition) is 0. The lowest BCUT2D eigenvalue weighted by atomic mass is 10.2. The van der Waals surface area contributed by atoms with Gasteiger partial charge in [-0.05, 0) is 36.0 Å². The van der Waals surface area contributed by atoms with Gasteiger partial charge in [-0.2, -0.15) is 0 Å². The molecule has 0 N–H and O–H groups in total. The maximum Gasteiger partial charge on any atom is -0.0172 e. The third kappa shape index (κ3) is 2.63. The summed E-state index contributed by atoms with van der Waals surface area (Å²) in [5.41, 5.74) is 1.49. The zero-order chi connectivity index (χ0) is 12.1. The molecule has 0 spiro atoms. The predicted octanol–water partition coefficient (Wildman–Crippen LogP) is 4.91. The largest absolute Gasteiger partial charge is 0.0767 e. The summed E-state index contributed by atoms with van der Waals surface area (Å²) < 4.78 is 0. The van der Waals surface area contributed by atoms with E-state index in [4.69, 9.17) is 0 Å². The van der Waals surface area contributed by atoms with E-state index in [1.807, 2.05) is 0 Å². The van der Waals surface area contributed by atoms with Gasteiger partial charge in [0.2, 0.25) is 0 Å². The zero-order valence-electron chi connectivity index (χ0n) is 11.2. The van der Waals surface area contributed by atoms with Crippen LogP contribution < -0.4 is 5.30 Å². The molecule has 0 saturated heterocycles. The van der Waals surface area contributed by atoms with Gasteiger partial charge in [0.05, 0.1) is 0 Å². The van der Waals surface area contributed by atoms with Crippen molar-refractivity contribution < 1.29 is 0 Å². The minimum Gasteiger partial charge on any atom is -0.0767 e. The molecule has 1 aromatic rings. The molecular weight excluding hydrogens is 223 g/mol. The van der Waals surface area contributed by atoms with Crippen LogP contribution in [0.15, 0.2) is 30.1 Å². The molecule has 1 heterocycles. The fourth-order valence-corrected chi connectivity index (χ4v) is 7.14. The van der Waals surface area contributed by atoms with Gasteiger partial charge < -0.3 is 0 Å². The van der Waals surface area contributed by atoms with Crippen LogP contribution in [0.2, 0.25) is 0 Å². The topological polar surface area (TPSA) is 0 Å². The molecule has 0 saturated carbocycles. The predicted molar refractivity (Wildman–Crippen MR) is 81.6 cm³/mol. The zero-order valence-corrected chi connectivity index (χ0v) is 12.0. The highest BCUT2D eigenvalue weighted by Crippen LogP contribution is 2.64. The fraction of sp³-hybridized carbons (Fsp3) is 0.500. The highest BCUT2D eigenvalue weighted by Gasteiger charge is 2.30. The van der Waals surface area contributed by atoms with E-state index >= 15 is 0 Å². The van der Waals surface area contributed by atoms with Crippen LogP contribution in [0.25, 0.3) is 6.08 Å². The second-order valence-corrected chi connectivity index (χ2v) is 8.81. The Bertz CT molecular complexity index is 384. The summed E-state index contributed by atoms with van der Waals surface area (Å²) in [6.07, 6.45) is 10.7. The molecule has 0 amide bonds. The van der Waals surface area contributed by atoms with Gasteiger partial charge in [0.25, 0.3) is 0 Å². The minimum absolute atomic E-state index is 0.950. The molecule has 0 bridgehead atoms. The first-order chi connectivity index (χ1) is 8.32. The Morgan fingerprint density at radius 1 is 0.941 bits per heavy atom. The summed E-state index contributed by atoms with van der Waals surface area (Å²) in [4.78, 5) is 0. The van der Waals surface area contributed by atoms with Gasteiger partial charge in [0.1, 0.15) is 0 Å². The lowest BCUT2D eigenvalue weighted by Crippen LogP contribution is -2.15. The standard InChI is InChI=1S/C16H24P/c1-3-5-12-17(13-6-4-2)14-11-15-9-7-8-10-16(15)17/h7-11,14H,3-6,12-13H2,1-2H3. The molecule has 1 aliphatic rings. The molecule has 0 atom stereocenters. The van der Waals surface area contributed by atoms with E-state index in [0.717, 1.165) is 0 Å². The Labute approximate surface area is 106 Å². The molecular formula is C16H24P. The molecule has 0 aromatic heterocycles. The summed E-state index contributed by atoms with van der Waals surface area (Å²) in [7, 11) is -0.950. The first-order valence-electron chi connectivity index (χ1n) is 6.98. The Balaban J connectivity index is 2.26. The van der Waals surface area contributed by atoms with E-state index < -0.39 is 7.26 Å². The average Bonchev–Trinajstić information content (AvgIpc) is 2.74. The average molecular weight is 247 g/mol. The molecule has 1 aromatic carbocycles. The molecule has 0 nitrogen and oxygen atoms in total. The summed E-state index contributed by atoms with van der Waals surface area (Å²) in [6.45, 7) is 4.62. The van der Waals surface area contributed by atoms with E-state index in [2.05, 4.69) is 50.0 Å². The smallest absolute Gasteiger partial charge is 0.0172 e. The summed E-state index contributed by atoms with van der Waals surface area (Å²) >= 11 is 0. The molecule has 0 unspecified atom stereocenters. The lowest BCUT2D eigenvalue weighted by molar-refractivity contribution is 0.867. The Hall–Kier alpha value is -0.610. The van der Waals surface area contributed by atoms with Crippen molar-refractivity contribution in [3.05, 3.63) is 35.6 Å². The van der Waals surface area contributed by atoms with Crippen molar-refractivity contribution in [1.82, 2.24) is 0 Å². The molecule has 93 valence electrons. The molecule has 17 heavy (non-hydrogen) atoms. The number of fused-ring (bicyclic) bond motifs is 1. The second-order valence-electron chi connectivity index (χ2n) is 5.06. The maximum atomic E-state index is 2.59. The van der Waals surface area contributed by atoms with Crippen LogP contribution in [0.5, 0.6) is 0 Å². The monoisotopic (exact) mass is 247 g/mol. The third-order valence-electron chi connectivity index (χ3n) is 3.78. The highest BCUT2D eigenvalue weighted by molar-refractivity contribution is 7.86.